The topological polar surface area (TPSA) is 83.5 Å². The van der Waals surface area contributed by atoms with Crippen molar-refractivity contribution in [3.63, 3.8) is 0 Å². The number of carboxylic acid groups (broad SMARTS) is 1. The van der Waals surface area contributed by atoms with E-state index in [1.54, 1.807) is 6.92 Å². The van der Waals surface area contributed by atoms with E-state index in [1.807, 2.05) is 6.92 Å². The van der Waals surface area contributed by atoms with Gasteiger partial charge in [-0.2, -0.15) is 0 Å². The Bertz CT molecular complexity index is 286. The van der Waals surface area contributed by atoms with Gasteiger partial charge in [0.15, 0.2) is 0 Å². The quantitative estimate of drug-likeness (QED) is 0.654. The lowest BCUT2D eigenvalue weighted by Gasteiger charge is -2.11. The Labute approximate surface area is 90.9 Å². The van der Waals surface area contributed by atoms with E-state index in [0.29, 0.717) is 12.8 Å². The van der Waals surface area contributed by atoms with Crippen LogP contribution in [0, 0.1) is 5.92 Å². The summed E-state index contributed by atoms with van der Waals surface area (Å²) in [4.78, 5) is 10.6. The van der Waals surface area contributed by atoms with E-state index in [0.717, 1.165) is 6.42 Å². The van der Waals surface area contributed by atoms with Crippen LogP contribution in [0.15, 0.2) is 0 Å². The van der Waals surface area contributed by atoms with Gasteiger partial charge in [-0.3, -0.25) is 4.79 Å². The molecule has 2 N–H and O–H groups in total. The molecule has 0 saturated carbocycles. The summed E-state index contributed by atoms with van der Waals surface area (Å²) in [6.07, 6.45) is 1.82. The second-order valence-corrected chi connectivity index (χ2v) is 5.39. The molecular weight excluding hydrogens is 218 g/mol. The highest BCUT2D eigenvalue weighted by molar-refractivity contribution is 7.89. The number of hydrogen-bond donors (Lipinski definition) is 2. The van der Waals surface area contributed by atoms with Crippen LogP contribution in [0.3, 0.4) is 0 Å². The zero-order chi connectivity index (χ0) is 11.9. The van der Waals surface area contributed by atoms with Crippen molar-refractivity contribution in [2.75, 3.05) is 12.3 Å². The number of aliphatic carboxylic acids is 1. The molecule has 0 aliphatic heterocycles. The van der Waals surface area contributed by atoms with Gasteiger partial charge in [0.25, 0.3) is 0 Å². The van der Waals surface area contributed by atoms with E-state index in [4.69, 9.17) is 5.11 Å². The number of rotatable bonds is 8. The van der Waals surface area contributed by atoms with Crippen LogP contribution >= 0.6 is 0 Å². The third-order valence-corrected chi connectivity index (χ3v) is 3.59. The van der Waals surface area contributed by atoms with Gasteiger partial charge in [0.1, 0.15) is 0 Å². The van der Waals surface area contributed by atoms with Gasteiger partial charge in [-0.1, -0.05) is 20.3 Å². The normalized spacial score (nSPS) is 13.7. The molecule has 0 aromatic heterocycles. The van der Waals surface area contributed by atoms with Gasteiger partial charge in [0, 0.05) is 6.54 Å². The van der Waals surface area contributed by atoms with Gasteiger partial charge in [-0.25, -0.2) is 13.1 Å². The Morgan fingerprint density at radius 3 is 2.40 bits per heavy atom. The smallest absolute Gasteiger partial charge is 0.307 e. The Morgan fingerprint density at radius 2 is 2.00 bits per heavy atom. The van der Waals surface area contributed by atoms with Gasteiger partial charge < -0.3 is 5.11 Å². The van der Waals surface area contributed by atoms with E-state index in [9.17, 15) is 13.2 Å². The standard InChI is InChI=1S/C9H19NO4S/c1-3-5-6-15(13,14)10-7-8(4-2)9(11)12/h8,10H,3-7H2,1-2H3,(H,11,12). The minimum Gasteiger partial charge on any atom is -0.481 e. The van der Waals surface area contributed by atoms with Gasteiger partial charge in [0.2, 0.25) is 10.0 Å². The first kappa shape index (κ1) is 14.4. The summed E-state index contributed by atoms with van der Waals surface area (Å²) in [6, 6.07) is 0. The Morgan fingerprint density at radius 1 is 1.40 bits per heavy atom. The van der Waals surface area contributed by atoms with Crippen LogP contribution in [0.25, 0.3) is 0 Å². The minimum atomic E-state index is -3.30. The van der Waals surface area contributed by atoms with Crippen molar-refractivity contribution in [3.8, 4) is 0 Å². The molecule has 1 unspecified atom stereocenters. The van der Waals surface area contributed by atoms with Crippen LogP contribution in [0.1, 0.15) is 33.1 Å². The molecule has 0 rings (SSSR count). The number of sulfonamides is 1. The summed E-state index contributed by atoms with van der Waals surface area (Å²) < 4.78 is 25.0. The zero-order valence-electron chi connectivity index (χ0n) is 9.19. The average molecular weight is 237 g/mol. The summed E-state index contributed by atoms with van der Waals surface area (Å²) in [7, 11) is -3.30. The van der Waals surface area contributed by atoms with Crippen molar-refractivity contribution in [2.24, 2.45) is 5.92 Å². The van der Waals surface area contributed by atoms with Gasteiger partial charge in [0.05, 0.1) is 11.7 Å². The van der Waals surface area contributed by atoms with Crippen molar-refractivity contribution in [2.45, 2.75) is 33.1 Å². The number of nitrogens with one attached hydrogen (secondary N) is 1. The number of hydrogen-bond acceptors (Lipinski definition) is 3. The highest BCUT2D eigenvalue weighted by Gasteiger charge is 2.18. The van der Waals surface area contributed by atoms with E-state index in [2.05, 4.69) is 4.72 Å². The molecule has 0 amide bonds. The predicted octanol–water partition coefficient (Wildman–Crippen LogP) is 0.817. The van der Waals surface area contributed by atoms with Crippen molar-refractivity contribution < 1.29 is 18.3 Å². The predicted molar refractivity (Wildman–Crippen MR) is 58.1 cm³/mol. The first-order valence-electron chi connectivity index (χ1n) is 5.13. The lowest BCUT2D eigenvalue weighted by atomic mass is 10.1. The van der Waals surface area contributed by atoms with E-state index < -0.39 is 21.9 Å². The second kappa shape index (κ2) is 6.79. The van der Waals surface area contributed by atoms with Crippen LogP contribution < -0.4 is 4.72 Å². The SMILES string of the molecule is CCCCS(=O)(=O)NCC(CC)C(=O)O. The molecule has 0 heterocycles. The molecule has 0 aliphatic rings. The monoisotopic (exact) mass is 237 g/mol. The Hall–Kier alpha value is -0.620. The van der Waals surface area contributed by atoms with E-state index in [1.165, 1.54) is 0 Å². The van der Waals surface area contributed by atoms with E-state index in [-0.39, 0.29) is 12.3 Å². The summed E-state index contributed by atoms with van der Waals surface area (Å²) in [5.41, 5.74) is 0. The van der Waals surface area contributed by atoms with Crippen LogP contribution in [0.5, 0.6) is 0 Å². The van der Waals surface area contributed by atoms with E-state index >= 15 is 0 Å². The molecule has 5 nitrogen and oxygen atoms in total. The molecular formula is C9H19NO4S. The van der Waals surface area contributed by atoms with Gasteiger partial charge in [-0.05, 0) is 12.8 Å². The van der Waals surface area contributed by atoms with Crippen molar-refractivity contribution in [3.05, 3.63) is 0 Å². The number of unbranched alkanes of at least 4 members (excludes halogenated alkanes) is 1. The summed E-state index contributed by atoms with van der Waals surface area (Å²) in [5.74, 6) is -1.53. The largest absolute Gasteiger partial charge is 0.481 e. The van der Waals surface area contributed by atoms with Gasteiger partial charge >= 0.3 is 5.97 Å². The third kappa shape index (κ3) is 6.46. The Balaban J connectivity index is 4.07. The number of carbonyl (C=O) groups is 1. The van der Waals surface area contributed by atoms with Crippen molar-refractivity contribution in [1.29, 1.82) is 0 Å². The molecule has 0 fully saturated rings. The molecule has 90 valence electrons. The maximum atomic E-state index is 11.3. The molecule has 0 spiro atoms. The zero-order valence-corrected chi connectivity index (χ0v) is 10.0. The molecule has 0 aromatic rings. The maximum Gasteiger partial charge on any atom is 0.307 e. The first-order valence-corrected chi connectivity index (χ1v) is 6.78. The highest BCUT2D eigenvalue weighted by atomic mass is 32.2. The molecule has 0 bridgehead atoms. The summed E-state index contributed by atoms with van der Waals surface area (Å²) in [6.45, 7) is 3.61. The van der Waals surface area contributed by atoms with Crippen LogP contribution in [-0.4, -0.2) is 31.8 Å². The van der Waals surface area contributed by atoms with Crippen LogP contribution in [-0.2, 0) is 14.8 Å². The fraction of sp³-hybridized carbons (Fsp3) is 0.889. The van der Waals surface area contributed by atoms with Crippen LogP contribution in [0.2, 0.25) is 0 Å². The fourth-order valence-electron chi connectivity index (χ4n) is 1.04. The lowest BCUT2D eigenvalue weighted by molar-refractivity contribution is -0.141. The molecule has 15 heavy (non-hydrogen) atoms. The summed E-state index contributed by atoms with van der Waals surface area (Å²) in [5, 5.41) is 8.71. The highest BCUT2D eigenvalue weighted by Crippen LogP contribution is 2.02. The van der Waals surface area contributed by atoms with Gasteiger partial charge in [-0.15, -0.1) is 0 Å². The Kier molecular flexibility index (Phi) is 6.51. The summed E-state index contributed by atoms with van der Waals surface area (Å²) >= 11 is 0. The number of carboxylic acids is 1. The molecule has 0 radical (unpaired) electrons. The molecule has 0 aromatic carbocycles. The van der Waals surface area contributed by atoms with Crippen molar-refractivity contribution >= 4 is 16.0 Å². The molecule has 0 saturated heterocycles. The molecule has 1 atom stereocenters. The van der Waals surface area contributed by atoms with Crippen molar-refractivity contribution in [1.82, 2.24) is 4.72 Å². The molecule has 6 heteroatoms. The maximum absolute atomic E-state index is 11.3. The lowest BCUT2D eigenvalue weighted by Crippen LogP contribution is -2.34. The fourth-order valence-corrected chi connectivity index (χ4v) is 2.31. The van der Waals surface area contributed by atoms with Crippen LogP contribution in [0.4, 0.5) is 0 Å². The average Bonchev–Trinajstić information content (AvgIpc) is 2.15. The second-order valence-electron chi connectivity index (χ2n) is 3.46. The third-order valence-electron chi connectivity index (χ3n) is 2.16. The minimum absolute atomic E-state index is 0.0160. The first-order chi connectivity index (χ1) is 6.93. The molecule has 0 aliphatic carbocycles.